The lowest BCUT2D eigenvalue weighted by atomic mass is 9.89. The minimum atomic E-state index is -0.185. The molecule has 1 saturated heterocycles. The lowest BCUT2D eigenvalue weighted by Gasteiger charge is -2.28. The highest BCUT2D eigenvalue weighted by atomic mass is 19.1. The van der Waals surface area contributed by atoms with Crippen LogP contribution in [0.25, 0.3) is 0 Å². The highest BCUT2D eigenvalue weighted by Crippen LogP contribution is 2.30. The summed E-state index contributed by atoms with van der Waals surface area (Å²) in [6.07, 6.45) is 4.15. The Bertz CT molecular complexity index is 433. The summed E-state index contributed by atoms with van der Waals surface area (Å²) in [5.74, 6) is 0.987. The Hall–Kier alpha value is -1.13. The molecule has 0 spiro atoms. The second-order valence-electron chi connectivity index (χ2n) is 5.69. The summed E-state index contributed by atoms with van der Waals surface area (Å²) in [5.41, 5.74) is 0.746. The van der Waals surface area contributed by atoms with Crippen LogP contribution in [0.4, 0.5) is 4.39 Å². The zero-order valence-corrected chi connectivity index (χ0v) is 13.0. The van der Waals surface area contributed by atoms with Gasteiger partial charge in [0.05, 0.1) is 7.11 Å². The molecule has 0 amide bonds. The molecule has 0 radical (unpaired) electrons. The zero-order valence-electron chi connectivity index (χ0n) is 13.0. The largest absolute Gasteiger partial charge is 0.497 e. The van der Waals surface area contributed by atoms with Crippen molar-refractivity contribution >= 4 is 0 Å². The average molecular weight is 295 g/mol. The van der Waals surface area contributed by atoms with Crippen LogP contribution in [-0.2, 0) is 4.74 Å². The van der Waals surface area contributed by atoms with Gasteiger partial charge in [0.15, 0.2) is 0 Å². The van der Waals surface area contributed by atoms with Gasteiger partial charge in [0, 0.05) is 30.9 Å². The van der Waals surface area contributed by atoms with E-state index in [4.69, 9.17) is 9.47 Å². The molecular formula is C17H26FNO2. The standard InChI is InChI=1S/C17H26FNO2/c1-3-8-19-17(11-13-6-9-21-10-7-13)15-5-4-14(20-2)12-16(15)18/h4-5,12-13,17,19H,3,6-11H2,1-2H3. The normalized spacial score (nSPS) is 17.7. The molecule has 1 heterocycles. The molecule has 1 aliphatic heterocycles. The van der Waals surface area contributed by atoms with Crippen LogP contribution in [0.5, 0.6) is 5.75 Å². The Labute approximate surface area is 126 Å². The highest BCUT2D eigenvalue weighted by Gasteiger charge is 2.22. The van der Waals surface area contributed by atoms with Crippen molar-refractivity contribution in [1.29, 1.82) is 0 Å². The molecule has 1 aromatic carbocycles. The van der Waals surface area contributed by atoms with Crippen LogP contribution in [0.3, 0.4) is 0 Å². The van der Waals surface area contributed by atoms with Crippen LogP contribution in [-0.4, -0.2) is 26.9 Å². The van der Waals surface area contributed by atoms with Gasteiger partial charge in [-0.15, -0.1) is 0 Å². The first kappa shape index (κ1) is 16.2. The predicted octanol–water partition coefficient (Wildman–Crippen LogP) is 3.69. The molecule has 1 fully saturated rings. The van der Waals surface area contributed by atoms with Crippen LogP contribution in [0.1, 0.15) is 44.2 Å². The third-order valence-corrected chi connectivity index (χ3v) is 4.13. The summed E-state index contributed by atoms with van der Waals surface area (Å²) >= 11 is 0. The van der Waals surface area contributed by atoms with E-state index in [2.05, 4.69) is 12.2 Å². The minimum absolute atomic E-state index is 0.0685. The maximum absolute atomic E-state index is 14.3. The van der Waals surface area contributed by atoms with E-state index in [0.717, 1.165) is 51.0 Å². The number of hydrogen-bond donors (Lipinski definition) is 1. The summed E-state index contributed by atoms with van der Waals surface area (Å²) in [6.45, 7) is 4.69. The maximum atomic E-state index is 14.3. The van der Waals surface area contributed by atoms with Crippen molar-refractivity contribution < 1.29 is 13.9 Å². The molecule has 1 aliphatic rings. The number of hydrogen-bond acceptors (Lipinski definition) is 3. The molecule has 1 atom stereocenters. The zero-order chi connectivity index (χ0) is 15.1. The molecule has 0 aromatic heterocycles. The second kappa shape index (κ2) is 8.35. The smallest absolute Gasteiger partial charge is 0.131 e. The molecule has 2 rings (SSSR count). The van der Waals surface area contributed by atoms with E-state index in [-0.39, 0.29) is 11.9 Å². The first-order chi connectivity index (χ1) is 10.2. The first-order valence-electron chi connectivity index (χ1n) is 7.89. The number of benzene rings is 1. The van der Waals surface area contributed by atoms with Gasteiger partial charge >= 0.3 is 0 Å². The van der Waals surface area contributed by atoms with Crippen molar-refractivity contribution in [1.82, 2.24) is 5.32 Å². The van der Waals surface area contributed by atoms with Crippen LogP contribution >= 0.6 is 0 Å². The molecule has 4 heteroatoms. The van der Waals surface area contributed by atoms with Crippen LogP contribution < -0.4 is 10.1 Å². The van der Waals surface area contributed by atoms with Crippen LogP contribution in [0.2, 0.25) is 0 Å². The van der Waals surface area contributed by atoms with Gasteiger partial charge in [-0.05, 0) is 44.2 Å². The van der Waals surface area contributed by atoms with Gasteiger partial charge in [0.1, 0.15) is 11.6 Å². The predicted molar refractivity (Wildman–Crippen MR) is 82.1 cm³/mol. The number of rotatable bonds is 7. The van der Waals surface area contributed by atoms with E-state index < -0.39 is 0 Å². The second-order valence-corrected chi connectivity index (χ2v) is 5.69. The molecule has 0 saturated carbocycles. The highest BCUT2D eigenvalue weighted by molar-refractivity contribution is 5.31. The van der Waals surface area contributed by atoms with E-state index in [1.807, 2.05) is 12.1 Å². The molecule has 0 aliphatic carbocycles. The van der Waals surface area contributed by atoms with E-state index in [0.29, 0.717) is 11.7 Å². The summed E-state index contributed by atoms with van der Waals surface area (Å²) in [4.78, 5) is 0. The SMILES string of the molecule is CCCNC(CC1CCOCC1)c1ccc(OC)cc1F. The van der Waals surface area contributed by atoms with Gasteiger partial charge in [0.25, 0.3) is 0 Å². The fourth-order valence-electron chi connectivity index (χ4n) is 2.87. The summed E-state index contributed by atoms with van der Waals surface area (Å²) in [6, 6.07) is 5.23. The van der Waals surface area contributed by atoms with Gasteiger partial charge in [-0.1, -0.05) is 13.0 Å². The van der Waals surface area contributed by atoms with Crippen molar-refractivity contribution in [2.24, 2.45) is 5.92 Å². The number of halogens is 1. The van der Waals surface area contributed by atoms with E-state index in [1.165, 1.54) is 6.07 Å². The van der Waals surface area contributed by atoms with Crippen molar-refractivity contribution in [3.8, 4) is 5.75 Å². The molecular weight excluding hydrogens is 269 g/mol. The Morgan fingerprint density at radius 3 is 2.76 bits per heavy atom. The van der Waals surface area contributed by atoms with Gasteiger partial charge < -0.3 is 14.8 Å². The van der Waals surface area contributed by atoms with Crippen LogP contribution in [0.15, 0.2) is 18.2 Å². The Morgan fingerprint density at radius 2 is 2.14 bits per heavy atom. The van der Waals surface area contributed by atoms with E-state index in [1.54, 1.807) is 7.11 Å². The van der Waals surface area contributed by atoms with E-state index in [9.17, 15) is 4.39 Å². The molecule has 1 aromatic rings. The Morgan fingerprint density at radius 1 is 1.38 bits per heavy atom. The molecule has 118 valence electrons. The molecule has 3 nitrogen and oxygen atoms in total. The molecule has 0 bridgehead atoms. The third-order valence-electron chi connectivity index (χ3n) is 4.13. The van der Waals surface area contributed by atoms with Crippen molar-refractivity contribution in [3.05, 3.63) is 29.6 Å². The van der Waals surface area contributed by atoms with Crippen molar-refractivity contribution in [3.63, 3.8) is 0 Å². The van der Waals surface area contributed by atoms with Crippen molar-refractivity contribution in [2.75, 3.05) is 26.9 Å². The third kappa shape index (κ3) is 4.68. The Kier molecular flexibility index (Phi) is 6.46. The van der Waals surface area contributed by atoms with Gasteiger partial charge in [-0.2, -0.15) is 0 Å². The maximum Gasteiger partial charge on any atom is 0.131 e. The lowest BCUT2D eigenvalue weighted by Crippen LogP contribution is -2.27. The molecule has 21 heavy (non-hydrogen) atoms. The van der Waals surface area contributed by atoms with Crippen LogP contribution in [0, 0.1) is 11.7 Å². The van der Waals surface area contributed by atoms with Gasteiger partial charge in [0.2, 0.25) is 0 Å². The number of nitrogens with one attached hydrogen (secondary N) is 1. The quantitative estimate of drug-likeness (QED) is 0.832. The molecule has 1 N–H and O–H groups in total. The van der Waals surface area contributed by atoms with Gasteiger partial charge in [-0.3, -0.25) is 0 Å². The number of methoxy groups -OCH3 is 1. The summed E-state index contributed by atoms with van der Waals surface area (Å²) in [5, 5.41) is 3.49. The first-order valence-corrected chi connectivity index (χ1v) is 7.89. The van der Waals surface area contributed by atoms with Crippen molar-refractivity contribution in [2.45, 2.75) is 38.6 Å². The van der Waals surface area contributed by atoms with Gasteiger partial charge in [-0.25, -0.2) is 4.39 Å². The number of ether oxygens (including phenoxy) is 2. The topological polar surface area (TPSA) is 30.5 Å². The summed E-state index contributed by atoms with van der Waals surface area (Å²) < 4.78 is 24.8. The summed E-state index contributed by atoms with van der Waals surface area (Å²) in [7, 11) is 1.56. The van der Waals surface area contributed by atoms with E-state index >= 15 is 0 Å². The fourth-order valence-corrected chi connectivity index (χ4v) is 2.87. The fraction of sp³-hybridized carbons (Fsp3) is 0.647. The minimum Gasteiger partial charge on any atom is -0.497 e. The lowest BCUT2D eigenvalue weighted by molar-refractivity contribution is 0.0604. The average Bonchev–Trinajstić information content (AvgIpc) is 2.52. The molecule has 1 unspecified atom stereocenters. The Balaban J connectivity index is 2.10. The monoisotopic (exact) mass is 295 g/mol.